The van der Waals surface area contributed by atoms with Gasteiger partial charge in [-0.25, -0.2) is 0 Å². The Morgan fingerprint density at radius 1 is 1.16 bits per heavy atom. The Labute approximate surface area is 227 Å². The molecule has 1 aromatic rings. The lowest BCUT2D eigenvalue weighted by atomic mass is 9.83. The van der Waals surface area contributed by atoms with Gasteiger partial charge in [0.15, 0.2) is 11.5 Å². The average Bonchev–Trinajstić information content (AvgIpc) is 2.95. The highest BCUT2D eigenvalue weighted by atomic mass is 16.5. The van der Waals surface area contributed by atoms with Crippen LogP contribution in [0.2, 0.25) is 0 Å². The van der Waals surface area contributed by atoms with Gasteiger partial charge in [-0.3, -0.25) is 0 Å². The lowest BCUT2D eigenvalue weighted by molar-refractivity contribution is 0.00682. The zero-order chi connectivity index (χ0) is 26.5. The molecule has 2 heterocycles. The van der Waals surface area contributed by atoms with Crippen molar-refractivity contribution in [1.82, 2.24) is 5.32 Å². The van der Waals surface area contributed by atoms with Crippen LogP contribution in [0, 0.1) is 23.7 Å². The van der Waals surface area contributed by atoms with Crippen LogP contribution < -0.4 is 15.8 Å². The van der Waals surface area contributed by atoms with E-state index in [9.17, 15) is 10.2 Å². The SMILES string of the molecule is CC1C#CC2=CC(N)NC=C2COC(CC(O)C2C=Cc3c(ccc(O)c3OC3CCCCC3)C2)CCC1. The molecule has 6 nitrogen and oxygen atoms in total. The number of ether oxygens (including phenoxy) is 2. The van der Waals surface area contributed by atoms with Gasteiger partial charge < -0.3 is 30.7 Å². The van der Waals surface area contributed by atoms with Gasteiger partial charge in [-0.1, -0.05) is 43.4 Å². The molecule has 5 rings (SSSR count). The zero-order valence-corrected chi connectivity index (χ0v) is 22.5. The lowest BCUT2D eigenvalue weighted by Gasteiger charge is -2.30. The predicted molar refractivity (Wildman–Crippen MR) is 150 cm³/mol. The molecule has 204 valence electrons. The van der Waals surface area contributed by atoms with E-state index in [-0.39, 0.29) is 30.0 Å². The largest absolute Gasteiger partial charge is 0.504 e. The van der Waals surface area contributed by atoms with Crippen LogP contribution in [0.1, 0.15) is 75.8 Å². The van der Waals surface area contributed by atoms with E-state index in [4.69, 9.17) is 15.2 Å². The standard InChI is InChI=1S/C32H42N2O4/c1-21-6-5-9-27(37-20-25-19-34-31(33)17-22(25)11-10-21)18-30(36)24-12-14-28-23(16-24)13-15-29(35)32(28)38-26-7-3-2-4-8-26/h12-15,17,19,21,24,26-27,30-31,34-36H,2-9,16,18,20,33H2,1H3. The average molecular weight is 519 g/mol. The summed E-state index contributed by atoms with van der Waals surface area (Å²) < 4.78 is 12.7. The molecule has 5 atom stereocenters. The first kappa shape index (κ1) is 26.9. The normalized spacial score (nSPS) is 28.7. The summed E-state index contributed by atoms with van der Waals surface area (Å²) in [5, 5.41) is 25.0. The van der Waals surface area contributed by atoms with E-state index < -0.39 is 6.10 Å². The quantitative estimate of drug-likeness (QED) is 0.412. The van der Waals surface area contributed by atoms with Crippen LogP contribution in [0.4, 0.5) is 0 Å². The van der Waals surface area contributed by atoms with Gasteiger partial charge >= 0.3 is 0 Å². The van der Waals surface area contributed by atoms with Crippen molar-refractivity contribution in [2.24, 2.45) is 17.6 Å². The number of aliphatic hydroxyl groups excluding tert-OH is 1. The highest BCUT2D eigenvalue weighted by Gasteiger charge is 2.28. The Morgan fingerprint density at radius 3 is 2.84 bits per heavy atom. The molecule has 4 aliphatic rings. The minimum atomic E-state index is -0.526. The molecule has 5 N–H and O–H groups in total. The second-order valence-electron chi connectivity index (χ2n) is 11.4. The number of phenols is 1. The van der Waals surface area contributed by atoms with Crippen molar-refractivity contribution in [3.63, 3.8) is 0 Å². The van der Waals surface area contributed by atoms with Crippen molar-refractivity contribution in [1.29, 1.82) is 0 Å². The van der Waals surface area contributed by atoms with Gasteiger partial charge in [-0.05, 0) is 69.1 Å². The predicted octanol–water partition coefficient (Wildman–Crippen LogP) is 4.95. The third kappa shape index (κ3) is 6.64. The number of phenolic OH excluding ortho intramolecular Hbond substituents is 1. The second kappa shape index (κ2) is 12.4. The van der Waals surface area contributed by atoms with Crippen LogP contribution in [-0.4, -0.2) is 41.3 Å². The minimum Gasteiger partial charge on any atom is -0.504 e. The van der Waals surface area contributed by atoms with Crippen molar-refractivity contribution in [2.75, 3.05) is 6.61 Å². The second-order valence-corrected chi connectivity index (χ2v) is 11.4. The van der Waals surface area contributed by atoms with Crippen molar-refractivity contribution in [3.8, 4) is 23.3 Å². The Balaban J connectivity index is 1.24. The minimum absolute atomic E-state index is 0.0115. The molecule has 1 saturated carbocycles. The molecular weight excluding hydrogens is 476 g/mol. The Hall–Kier alpha value is -2.72. The van der Waals surface area contributed by atoms with Crippen molar-refractivity contribution in [3.05, 3.63) is 52.8 Å². The van der Waals surface area contributed by atoms with Gasteiger partial charge in [0.1, 0.15) is 0 Å². The summed E-state index contributed by atoms with van der Waals surface area (Å²) in [6.07, 6.45) is 17.2. The number of nitrogens with one attached hydrogen (secondary N) is 1. The summed E-state index contributed by atoms with van der Waals surface area (Å²) in [6.45, 7) is 2.60. The van der Waals surface area contributed by atoms with Crippen LogP contribution in [0.15, 0.2) is 41.6 Å². The van der Waals surface area contributed by atoms with Crippen LogP contribution in [0.5, 0.6) is 11.5 Å². The van der Waals surface area contributed by atoms with E-state index in [1.54, 1.807) is 6.07 Å². The molecule has 0 radical (unpaired) electrons. The molecular formula is C32H42N2O4. The van der Waals surface area contributed by atoms with Crippen molar-refractivity contribution in [2.45, 2.75) is 95.6 Å². The number of aliphatic hydroxyl groups is 1. The number of benzene rings is 1. The van der Waals surface area contributed by atoms with Crippen molar-refractivity contribution >= 4 is 6.08 Å². The number of hydrogen-bond donors (Lipinski definition) is 4. The summed E-state index contributed by atoms with van der Waals surface area (Å²) >= 11 is 0. The summed E-state index contributed by atoms with van der Waals surface area (Å²) in [4.78, 5) is 0. The van der Waals surface area contributed by atoms with Crippen molar-refractivity contribution < 1.29 is 19.7 Å². The summed E-state index contributed by atoms with van der Waals surface area (Å²) in [6, 6.07) is 3.70. The molecule has 1 fully saturated rings. The number of hydrogen-bond acceptors (Lipinski definition) is 6. The maximum atomic E-state index is 11.3. The highest BCUT2D eigenvalue weighted by molar-refractivity contribution is 5.67. The summed E-state index contributed by atoms with van der Waals surface area (Å²) in [5.41, 5.74) is 10.0. The van der Waals surface area contributed by atoms with Gasteiger partial charge in [-0.2, -0.15) is 0 Å². The monoisotopic (exact) mass is 518 g/mol. The fourth-order valence-electron chi connectivity index (χ4n) is 5.97. The molecule has 2 aliphatic heterocycles. The molecule has 6 heteroatoms. The zero-order valence-electron chi connectivity index (χ0n) is 22.5. The number of fused-ring (bicyclic) bond motifs is 2. The van der Waals surface area contributed by atoms with E-state index in [1.807, 2.05) is 24.4 Å². The van der Waals surface area contributed by atoms with E-state index in [0.29, 0.717) is 31.1 Å². The Morgan fingerprint density at radius 2 is 2.00 bits per heavy atom. The maximum absolute atomic E-state index is 11.3. The fourth-order valence-corrected chi connectivity index (χ4v) is 5.97. The van der Waals surface area contributed by atoms with E-state index in [0.717, 1.165) is 54.4 Å². The van der Waals surface area contributed by atoms with Crippen LogP contribution in [0.25, 0.3) is 6.08 Å². The van der Waals surface area contributed by atoms with Gasteiger partial charge in [0, 0.05) is 41.2 Å². The number of nitrogens with two attached hydrogens (primary N) is 1. The van der Waals surface area contributed by atoms with E-state index in [2.05, 4.69) is 30.2 Å². The first-order valence-electron chi connectivity index (χ1n) is 14.4. The lowest BCUT2D eigenvalue weighted by Crippen LogP contribution is -2.35. The molecule has 0 spiro atoms. The molecule has 1 aromatic carbocycles. The summed E-state index contributed by atoms with van der Waals surface area (Å²) in [7, 11) is 0. The van der Waals surface area contributed by atoms with Gasteiger partial charge in [0.25, 0.3) is 0 Å². The van der Waals surface area contributed by atoms with Crippen LogP contribution in [-0.2, 0) is 11.2 Å². The topological polar surface area (TPSA) is 97.0 Å². The molecule has 0 aromatic heterocycles. The summed E-state index contributed by atoms with van der Waals surface area (Å²) in [5.74, 6) is 7.75. The van der Waals surface area contributed by atoms with Crippen LogP contribution >= 0.6 is 0 Å². The third-order valence-electron chi connectivity index (χ3n) is 8.30. The molecule has 0 bridgehead atoms. The molecule has 0 saturated heterocycles. The first-order valence-corrected chi connectivity index (χ1v) is 14.4. The van der Waals surface area contributed by atoms with E-state index >= 15 is 0 Å². The molecule has 5 unspecified atom stereocenters. The molecule has 38 heavy (non-hydrogen) atoms. The van der Waals surface area contributed by atoms with Gasteiger partial charge in [0.2, 0.25) is 0 Å². The van der Waals surface area contributed by atoms with Crippen LogP contribution in [0.3, 0.4) is 0 Å². The fraction of sp³-hybridized carbons (Fsp3) is 0.562. The molecule has 2 aliphatic carbocycles. The van der Waals surface area contributed by atoms with Gasteiger partial charge in [-0.15, -0.1) is 0 Å². The number of rotatable bonds is 5. The van der Waals surface area contributed by atoms with Gasteiger partial charge in [0.05, 0.1) is 31.1 Å². The Bertz CT molecular complexity index is 1140. The third-order valence-corrected chi connectivity index (χ3v) is 8.30. The highest BCUT2D eigenvalue weighted by Crippen LogP contribution is 2.40. The number of dihydropyridines is 1. The Kier molecular flexibility index (Phi) is 8.79. The molecule has 0 amide bonds. The maximum Gasteiger partial charge on any atom is 0.168 e. The first-order chi connectivity index (χ1) is 18.5. The van der Waals surface area contributed by atoms with E-state index in [1.165, 1.54) is 19.3 Å². The number of aromatic hydroxyl groups is 1. The smallest absolute Gasteiger partial charge is 0.168 e.